The van der Waals surface area contributed by atoms with E-state index in [-0.39, 0.29) is 48.5 Å². The summed E-state index contributed by atoms with van der Waals surface area (Å²) in [6.07, 6.45) is 2.34. The number of hydrogen-bond donors (Lipinski definition) is 0. The monoisotopic (exact) mass is 437 g/mol. The van der Waals surface area contributed by atoms with E-state index in [2.05, 4.69) is 0 Å². The Kier molecular flexibility index (Phi) is 7.30. The number of ether oxygens (including phenoxy) is 3. The van der Waals surface area contributed by atoms with Crippen molar-refractivity contribution in [1.82, 2.24) is 4.90 Å². The van der Waals surface area contributed by atoms with Crippen LogP contribution in [0.3, 0.4) is 0 Å². The van der Waals surface area contributed by atoms with E-state index in [0.29, 0.717) is 25.0 Å². The summed E-state index contributed by atoms with van der Waals surface area (Å²) in [4.78, 5) is 26.7. The molecule has 1 aromatic carbocycles. The van der Waals surface area contributed by atoms with Gasteiger partial charge in [-0.05, 0) is 30.9 Å². The maximum atomic E-state index is 15.2. The molecule has 0 saturated carbocycles. The van der Waals surface area contributed by atoms with Crippen LogP contribution in [0.2, 0.25) is 0 Å². The highest BCUT2D eigenvalue weighted by atomic mass is 19.2. The third kappa shape index (κ3) is 4.59. The third-order valence-corrected chi connectivity index (χ3v) is 5.77. The Bertz CT molecular complexity index is 883. The third-order valence-electron chi connectivity index (χ3n) is 5.77. The fourth-order valence-electron chi connectivity index (χ4n) is 4.25. The fourth-order valence-corrected chi connectivity index (χ4v) is 4.25. The first-order chi connectivity index (χ1) is 14.8. The molecule has 0 amide bonds. The summed E-state index contributed by atoms with van der Waals surface area (Å²) in [5.74, 6) is -3.18. The number of halogens is 2. The Balaban J connectivity index is 2.01. The van der Waals surface area contributed by atoms with Gasteiger partial charge in [0.05, 0.1) is 19.3 Å². The zero-order valence-electron chi connectivity index (χ0n) is 18.4. The molecule has 0 bridgehead atoms. The van der Waals surface area contributed by atoms with Gasteiger partial charge in [0.2, 0.25) is 5.82 Å². The molecule has 0 spiro atoms. The maximum Gasteiger partial charge on any atom is 0.343 e. The second kappa shape index (κ2) is 9.77. The number of Topliss-reactive ketones (excluding diaryl/α,β-unsaturated/α-hetero) is 1. The number of carbonyl (C=O) groups is 2. The smallest absolute Gasteiger partial charge is 0.343 e. The summed E-state index contributed by atoms with van der Waals surface area (Å²) in [5, 5.41) is 0. The summed E-state index contributed by atoms with van der Waals surface area (Å²) >= 11 is 0. The van der Waals surface area contributed by atoms with Gasteiger partial charge in [-0.15, -0.1) is 0 Å². The van der Waals surface area contributed by atoms with Gasteiger partial charge in [-0.2, -0.15) is 4.39 Å². The number of methoxy groups -OCH3 is 1. The average molecular weight is 437 g/mol. The second-order valence-corrected chi connectivity index (χ2v) is 8.14. The number of hydrogen-bond acceptors (Lipinski definition) is 6. The molecule has 0 radical (unpaired) electrons. The van der Waals surface area contributed by atoms with Crippen molar-refractivity contribution in [2.24, 2.45) is 5.92 Å². The molecule has 31 heavy (non-hydrogen) atoms. The highest BCUT2D eigenvalue weighted by molar-refractivity contribution is 6.17. The molecular formula is C23H29F2NO5. The molecule has 6 nitrogen and oxygen atoms in total. The van der Waals surface area contributed by atoms with Crippen molar-refractivity contribution < 1.29 is 32.6 Å². The first-order valence-corrected chi connectivity index (χ1v) is 10.6. The SMILES string of the molecule is CCOC(=O)C1=CN2C(CC1=O)c1c(cc(OCCCOC)c(F)c1F)CC2C(C)C. The van der Waals surface area contributed by atoms with Crippen LogP contribution < -0.4 is 4.74 Å². The predicted molar refractivity (Wildman–Crippen MR) is 110 cm³/mol. The maximum absolute atomic E-state index is 15.2. The van der Waals surface area contributed by atoms with E-state index in [1.165, 1.54) is 6.20 Å². The number of nitrogens with zero attached hydrogens (tertiary/aromatic N) is 1. The molecule has 2 aliphatic heterocycles. The number of benzene rings is 1. The van der Waals surface area contributed by atoms with Crippen LogP contribution in [0.5, 0.6) is 5.75 Å². The lowest BCUT2D eigenvalue weighted by Gasteiger charge is -2.46. The Morgan fingerprint density at radius 2 is 1.97 bits per heavy atom. The van der Waals surface area contributed by atoms with Crippen molar-refractivity contribution in [2.75, 3.05) is 26.9 Å². The lowest BCUT2D eigenvalue weighted by molar-refractivity contribution is -0.140. The number of rotatable bonds is 8. The minimum absolute atomic E-state index is 0.0498. The number of esters is 1. The van der Waals surface area contributed by atoms with Crippen LogP contribution in [-0.4, -0.2) is 49.6 Å². The molecule has 2 aliphatic rings. The van der Waals surface area contributed by atoms with E-state index in [4.69, 9.17) is 14.2 Å². The highest BCUT2D eigenvalue weighted by Crippen LogP contribution is 2.44. The molecule has 170 valence electrons. The Labute approximate surface area is 181 Å². The lowest BCUT2D eigenvalue weighted by atomic mass is 9.79. The first-order valence-electron chi connectivity index (χ1n) is 10.6. The highest BCUT2D eigenvalue weighted by Gasteiger charge is 2.43. The van der Waals surface area contributed by atoms with Gasteiger partial charge in [-0.1, -0.05) is 13.8 Å². The second-order valence-electron chi connectivity index (χ2n) is 8.14. The first kappa shape index (κ1) is 23.2. The zero-order valence-corrected chi connectivity index (χ0v) is 18.4. The predicted octanol–water partition coefficient (Wildman–Crippen LogP) is 3.72. The van der Waals surface area contributed by atoms with Crippen molar-refractivity contribution in [3.63, 3.8) is 0 Å². The largest absolute Gasteiger partial charge is 0.490 e. The number of fused-ring (bicyclic) bond motifs is 3. The van der Waals surface area contributed by atoms with E-state index in [1.54, 1.807) is 20.1 Å². The molecule has 0 fully saturated rings. The van der Waals surface area contributed by atoms with Crippen molar-refractivity contribution in [3.8, 4) is 5.75 Å². The van der Waals surface area contributed by atoms with Gasteiger partial charge in [0.15, 0.2) is 17.3 Å². The Morgan fingerprint density at radius 1 is 1.23 bits per heavy atom. The van der Waals surface area contributed by atoms with Gasteiger partial charge in [0.25, 0.3) is 0 Å². The van der Waals surface area contributed by atoms with Crippen LogP contribution in [0.15, 0.2) is 17.8 Å². The van der Waals surface area contributed by atoms with Crippen molar-refractivity contribution in [1.29, 1.82) is 0 Å². The number of ketones is 1. The minimum Gasteiger partial charge on any atom is -0.490 e. The molecule has 8 heteroatoms. The van der Waals surface area contributed by atoms with E-state index in [0.717, 1.165) is 0 Å². The van der Waals surface area contributed by atoms with Gasteiger partial charge >= 0.3 is 5.97 Å². The van der Waals surface area contributed by atoms with Crippen LogP contribution in [0.1, 0.15) is 50.8 Å². The van der Waals surface area contributed by atoms with Crippen molar-refractivity contribution in [2.45, 2.75) is 52.1 Å². The Hall–Kier alpha value is -2.48. The summed E-state index contributed by atoms with van der Waals surface area (Å²) in [5.41, 5.74) is 0.735. The van der Waals surface area contributed by atoms with Crippen LogP contribution in [0.4, 0.5) is 8.78 Å². The van der Waals surface area contributed by atoms with Gasteiger partial charge < -0.3 is 19.1 Å². The van der Waals surface area contributed by atoms with Gasteiger partial charge in [-0.3, -0.25) is 4.79 Å². The van der Waals surface area contributed by atoms with Crippen molar-refractivity contribution in [3.05, 3.63) is 40.6 Å². The molecule has 2 atom stereocenters. The zero-order chi connectivity index (χ0) is 22.7. The molecule has 0 N–H and O–H groups in total. The molecule has 3 rings (SSSR count). The fraction of sp³-hybridized carbons (Fsp3) is 0.565. The average Bonchev–Trinajstić information content (AvgIpc) is 2.73. The topological polar surface area (TPSA) is 65.1 Å². The summed E-state index contributed by atoms with van der Waals surface area (Å²) in [6, 6.07) is 0.766. The molecular weight excluding hydrogens is 408 g/mol. The summed E-state index contributed by atoms with van der Waals surface area (Å²) in [6.45, 7) is 6.51. The molecule has 1 aromatic rings. The minimum atomic E-state index is -1.06. The number of carbonyl (C=O) groups excluding carboxylic acids is 2. The van der Waals surface area contributed by atoms with Crippen molar-refractivity contribution >= 4 is 11.8 Å². The summed E-state index contributed by atoms with van der Waals surface area (Å²) < 4.78 is 45.4. The molecule has 0 saturated heterocycles. The summed E-state index contributed by atoms with van der Waals surface area (Å²) in [7, 11) is 1.56. The standard InChI is InChI=1S/C23H29F2NO5/c1-5-30-23(28)15-12-26-16(13(2)3)9-14-10-19(31-8-6-7-29-4)21(24)22(25)20(14)17(26)11-18(15)27/h10,12-13,16-17H,5-9,11H2,1-4H3. The van der Waals surface area contributed by atoms with Gasteiger partial charge in [0, 0.05) is 44.4 Å². The molecule has 2 unspecified atom stereocenters. The van der Waals surface area contributed by atoms with Crippen LogP contribution in [0.25, 0.3) is 0 Å². The van der Waals surface area contributed by atoms with E-state index in [1.807, 2.05) is 18.7 Å². The molecule has 2 heterocycles. The lowest BCUT2D eigenvalue weighted by Crippen LogP contribution is -2.47. The van der Waals surface area contributed by atoms with Crippen LogP contribution >= 0.6 is 0 Å². The van der Waals surface area contributed by atoms with E-state index < -0.39 is 29.4 Å². The normalized spacial score (nSPS) is 20.3. The van der Waals surface area contributed by atoms with E-state index >= 15 is 4.39 Å². The van der Waals surface area contributed by atoms with Crippen LogP contribution in [-0.2, 0) is 25.5 Å². The van der Waals surface area contributed by atoms with Crippen LogP contribution in [0, 0.1) is 17.6 Å². The van der Waals surface area contributed by atoms with Gasteiger partial charge in [-0.25, -0.2) is 9.18 Å². The molecule has 0 aromatic heterocycles. The quantitative estimate of drug-likeness (QED) is 0.351. The molecule has 0 aliphatic carbocycles. The van der Waals surface area contributed by atoms with Gasteiger partial charge in [0.1, 0.15) is 5.57 Å². The van der Waals surface area contributed by atoms with E-state index in [9.17, 15) is 14.0 Å². The Morgan fingerprint density at radius 3 is 2.61 bits per heavy atom.